The van der Waals surface area contributed by atoms with Crippen LogP contribution in [-0.4, -0.2) is 56.1 Å². The van der Waals surface area contributed by atoms with E-state index in [4.69, 9.17) is 5.73 Å². The number of rotatable bonds is 7. The third-order valence-electron chi connectivity index (χ3n) is 5.29. The van der Waals surface area contributed by atoms with Gasteiger partial charge in [-0.05, 0) is 76.7 Å². The SMILES string of the molecule is CCN(CCCN(C)C)CC1CC(C(C)(C)C)CCC1N. The topological polar surface area (TPSA) is 32.5 Å². The average molecular weight is 298 g/mol. The number of nitrogens with two attached hydrogens (primary N) is 1. The fraction of sp³-hybridized carbons (Fsp3) is 1.00. The van der Waals surface area contributed by atoms with E-state index >= 15 is 0 Å². The van der Waals surface area contributed by atoms with Crippen LogP contribution in [0.3, 0.4) is 0 Å². The molecule has 0 aromatic heterocycles. The van der Waals surface area contributed by atoms with E-state index in [9.17, 15) is 0 Å². The van der Waals surface area contributed by atoms with E-state index in [-0.39, 0.29) is 0 Å². The van der Waals surface area contributed by atoms with Gasteiger partial charge in [0.2, 0.25) is 0 Å². The first-order chi connectivity index (χ1) is 9.74. The summed E-state index contributed by atoms with van der Waals surface area (Å²) in [6, 6.07) is 0.409. The third-order valence-corrected chi connectivity index (χ3v) is 5.29. The molecule has 0 aliphatic heterocycles. The molecule has 3 heteroatoms. The van der Waals surface area contributed by atoms with Gasteiger partial charge in [-0.25, -0.2) is 0 Å². The van der Waals surface area contributed by atoms with Crippen LogP contribution in [-0.2, 0) is 0 Å². The predicted molar refractivity (Wildman–Crippen MR) is 93.5 cm³/mol. The summed E-state index contributed by atoms with van der Waals surface area (Å²) in [5.41, 5.74) is 6.86. The molecule has 0 aromatic rings. The zero-order valence-corrected chi connectivity index (χ0v) is 15.4. The molecule has 0 bridgehead atoms. The fourth-order valence-electron chi connectivity index (χ4n) is 3.60. The fourth-order valence-corrected chi connectivity index (χ4v) is 3.60. The lowest BCUT2D eigenvalue weighted by Gasteiger charge is -2.42. The van der Waals surface area contributed by atoms with Crippen LogP contribution < -0.4 is 5.73 Å². The second-order valence-electron chi connectivity index (χ2n) is 8.35. The van der Waals surface area contributed by atoms with Gasteiger partial charge in [-0.1, -0.05) is 27.7 Å². The minimum absolute atomic E-state index is 0.409. The van der Waals surface area contributed by atoms with Gasteiger partial charge in [0.05, 0.1) is 0 Å². The van der Waals surface area contributed by atoms with Crippen LogP contribution in [0.4, 0.5) is 0 Å². The van der Waals surface area contributed by atoms with E-state index in [1.807, 2.05) is 0 Å². The highest BCUT2D eigenvalue weighted by molar-refractivity contribution is 4.88. The van der Waals surface area contributed by atoms with E-state index in [1.54, 1.807) is 0 Å². The molecule has 1 aliphatic carbocycles. The quantitative estimate of drug-likeness (QED) is 0.784. The second-order valence-corrected chi connectivity index (χ2v) is 8.35. The van der Waals surface area contributed by atoms with E-state index in [0.717, 1.165) is 12.5 Å². The molecule has 1 fully saturated rings. The molecule has 0 spiro atoms. The molecule has 1 aliphatic rings. The van der Waals surface area contributed by atoms with Crippen molar-refractivity contribution in [3.05, 3.63) is 0 Å². The predicted octanol–water partition coefficient (Wildman–Crippen LogP) is 3.05. The second kappa shape index (κ2) is 8.50. The van der Waals surface area contributed by atoms with Gasteiger partial charge in [-0.3, -0.25) is 0 Å². The number of hydrogen-bond acceptors (Lipinski definition) is 3. The maximum atomic E-state index is 6.43. The first-order valence-electron chi connectivity index (χ1n) is 8.86. The number of nitrogens with zero attached hydrogens (tertiary/aromatic N) is 2. The van der Waals surface area contributed by atoms with E-state index < -0.39 is 0 Å². The maximum Gasteiger partial charge on any atom is 0.00795 e. The minimum atomic E-state index is 0.409. The molecular weight excluding hydrogens is 258 g/mol. The molecule has 0 amide bonds. The first-order valence-corrected chi connectivity index (χ1v) is 8.86. The average Bonchev–Trinajstić information content (AvgIpc) is 2.38. The van der Waals surface area contributed by atoms with Gasteiger partial charge in [-0.15, -0.1) is 0 Å². The third kappa shape index (κ3) is 6.66. The minimum Gasteiger partial charge on any atom is -0.327 e. The lowest BCUT2D eigenvalue weighted by atomic mass is 9.67. The molecule has 3 unspecified atom stereocenters. The van der Waals surface area contributed by atoms with Gasteiger partial charge in [0.1, 0.15) is 0 Å². The Bertz CT molecular complexity index is 283. The van der Waals surface area contributed by atoms with Crippen molar-refractivity contribution in [2.45, 2.75) is 59.4 Å². The van der Waals surface area contributed by atoms with Gasteiger partial charge in [-0.2, -0.15) is 0 Å². The molecule has 0 radical (unpaired) electrons. The molecule has 3 nitrogen and oxygen atoms in total. The monoisotopic (exact) mass is 297 g/mol. The summed E-state index contributed by atoms with van der Waals surface area (Å²) < 4.78 is 0. The summed E-state index contributed by atoms with van der Waals surface area (Å²) in [6.07, 6.45) is 5.09. The van der Waals surface area contributed by atoms with Crippen molar-refractivity contribution in [1.29, 1.82) is 0 Å². The Morgan fingerprint density at radius 1 is 1.10 bits per heavy atom. The highest BCUT2D eigenvalue weighted by atomic mass is 15.1. The van der Waals surface area contributed by atoms with Gasteiger partial charge < -0.3 is 15.5 Å². The van der Waals surface area contributed by atoms with E-state index in [1.165, 1.54) is 45.3 Å². The van der Waals surface area contributed by atoms with Crippen LogP contribution >= 0.6 is 0 Å². The van der Waals surface area contributed by atoms with Crippen molar-refractivity contribution >= 4 is 0 Å². The molecule has 1 saturated carbocycles. The Hall–Kier alpha value is -0.120. The highest BCUT2D eigenvalue weighted by Gasteiger charge is 2.34. The molecule has 126 valence electrons. The van der Waals surface area contributed by atoms with Crippen LogP contribution in [0.1, 0.15) is 53.4 Å². The maximum absolute atomic E-state index is 6.43. The molecule has 2 N–H and O–H groups in total. The lowest BCUT2D eigenvalue weighted by Crippen LogP contribution is -2.45. The summed E-state index contributed by atoms with van der Waals surface area (Å²) in [6.45, 7) is 14.2. The van der Waals surface area contributed by atoms with Crippen LogP contribution in [0.25, 0.3) is 0 Å². The van der Waals surface area contributed by atoms with Crippen molar-refractivity contribution in [1.82, 2.24) is 9.80 Å². The van der Waals surface area contributed by atoms with Gasteiger partial charge in [0.15, 0.2) is 0 Å². The summed E-state index contributed by atoms with van der Waals surface area (Å²) in [5.74, 6) is 1.52. The zero-order chi connectivity index (χ0) is 16.0. The van der Waals surface area contributed by atoms with Gasteiger partial charge >= 0.3 is 0 Å². The Balaban J connectivity index is 2.48. The van der Waals surface area contributed by atoms with Gasteiger partial charge in [0.25, 0.3) is 0 Å². The highest BCUT2D eigenvalue weighted by Crippen LogP contribution is 2.40. The van der Waals surface area contributed by atoms with E-state index in [2.05, 4.69) is 51.6 Å². The Morgan fingerprint density at radius 2 is 1.76 bits per heavy atom. The molecule has 0 saturated heterocycles. The first kappa shape index (κ1) is 18.9. The standard InChI is InChI=1S/C18H39N3/c1-7-21(12-8-11-20(5)6)14-15-13-16(18(2,3)4)9-10-17(15)19/h15-17H,7-14,19H2,1-6H3. The largest absolute Gasteiger partial charge is 0.327 e. The summed E-state index contributed by atoms with van der Waals surface area (Å²) in [4.78, 5) is 4.88. The lowest BCUT2D eigenvalue weighted by molar-refractivity contribution is 0.0994. The van der Waals surface area contributed by atoms with Crippen molar-refractivity contribution < 1.29 is 0 Å². The summed E-state index contributed by atoms with van der Waals surface area (Å²) in [7, 11) is 4.31. The van der Waals surface area contributed by atoms with Crippen molar-refractivity contribution in [2.75, 3.05) is 40.3 Å². The molecule has 1 rings (SSSR count). The van der Waals surface area contributed by atoms with Crippen molar-refractivity contribution in [3.63, 3.8) is 0 Å². The van der Waals surface area contributed by atoms with Crippen molar-refractivity contribution in [3.8, 4) is 0 Å². The molecule has 0 aromatic carbocycles. The molecular formula is C18H39N3. The summed E-state index contributed by atoms with van der Waals surface area (Å²) in [5, 5.41) is 0. The van der Waals surface area contributed by atoms with Crippen LogP contribution in [0, 0.1) is 17.3 Å². The smallest absolute Gasteiger partial charge is 0.00795 e. The Morgan fingerprint density at radius 3 is 2.29 bits per heavy atom. The van der Waals surface area contributed by atoms with Gasteiger partial charge in [0, 0.05) is 12.6 Å². The summed E-state index contributed by atoms with van der Waals surface area (Å²) >= 11 is 0. The Labute approximate surface area is 133 Å². The molecule has 3 atom stereocenters. The van der Waals surface area contributed by atoms with Crippen LogP contribution in [0.2, 0.25) is 0 Å². The molecule has 0 heterocycles. The van der Waals surface area contributed by atoms with Crippen LogP contribution in [0.15, 0.2) is 0 Å². The molecule has 21 heavy (non-hydrogen) atoms. The normalized spacial score (nSPS) is 27.6. The van der Waals surface area contributed by atoms with Crippen molar-refractivity contribution in [2.24, 2.45) is 23.0 Å². The van der Waals surface area contributed by atoms with E-state index in [0.29, 0.717) is 17.4 Å². The zero-order valence-electron chi connectivity index (χ0n) is 15.4. The Kier molecular flexibility index (Phi) is 7.66. The van der Waals surface area contributed by atoms with Crippen LogP contribution in [0.5, 0.6) is 0 Å². The number of hydrogen-bond donors (Lipinski definition) is 1.